The first-order valence-corrected chi connectivity index (χ1v) is 20.6. The number of fused-ring (bicyclic) bond motifs is 14. The molecule has 0 N–H and O–H groups in total. The molecule has 0 fully saturated rings. The molecule has 58 heavy (non-hydrogen) atoms. The molecule has 4 nitrogen and oxygen atoms in total. The molecular formula is C54H40N4. The van der Waals surface area contributed by atoms with Gasteiger partial charge in [-0.05, 0) is 86.3 Å². The van der Waals surface area contributed by atoms with Crippen LogP contribution >= 0.6 is 0 Å². The zero-order valence-electron chi connectivity index (χ0n) is 33.0. The average molecular weight is 745 g/mol. The SMILES string of the molecule is CC1CC2(C)c3c(cccc3C1(C)C)-n1c3ccc4ccccc4c3c3cc4c(c2c31)c1ccccc1n4-c1nc(-c2ccccc2)nc2ccc3ccccc3c12. The zero-order valence-corrected chi connectivity index (χ0v) is 33.0. The minimum atomic E-state index is -0.247. The van der Waals surface area contributed by atoms with Gasteiger partial charge >= 0.3 is 0 Å². The van der Waals surface area contributed by atoms with Crippen LogP contribution < -0.4 is 0 Å². The number of para-hydroxylation sites is 1. The molecule has 1 aliphatic carbocycles. The maximum Gasteiger partial charge on any atom is 0.162 e. The van der Waals surface area contributed by atoms with E-state index in [0.717, 1.165) is 45.4 Å². The van der Waals surface area contributed by atoms with Crippen molar-refractivity contribution in [3.8, 4) is 22.9 Å². The minimum absolute atomic E-state index is 0.0216. The lowest BCUT2D eigenvalue weighted by atomic mass is 9.54. The Morgan fingerprint density at radius 2 is 1.22 bits per heavy atom. The zero-order chi connectivity index (χ0) is 38.7. The molecule has 0 saturated carbocycles. The maximum absolute atomic E-state index is 5.63. The van der Waals surface area contributed by atoms with Crippen LogP contribution in [0.25, 0.3) is 99.0 Å². The number of benzene rings is 8. The molecule has 0 bridgehead atoms. The quantitative estimate of drug-likeness (QED) is 0.165. The Kier molecular flexibility index (Phi) is 6.12. The van der Waals surface area contributed by atoms with Gasteiger partial charge < -0.3 is 4.57 Å². The van der Waals surface area contributed by atoms with Crippen molar-refractivity contribution in [3.05, 3.63) is 168 Å². The molecule has 3 aromatic heterocycles. The molecule has 0 amide bonds. The average Bonchev–Trinajstić information content (AvgIpc) is 3.77. The van der Waals surface area contributed by atoms with E-state index in [1.165, 1.54) is 76.6 Å². The fraction of sp³-hybridized carbons (Fsp3) is 0.148. The van der Waals surface area contributed by atoms with Crippen LogP contribution in [0.5, 0.6) is 0 Å². The number of hydrogen-bond donors (Lipinski definition) is 0. The molecule has 13 rings (SSSR count). The third-order valence-electron chi connectivity index (χ3n) is 14.4. The fourth-order valence-electron chi connectivity index (χ4n) is 11.5. The van der Waals surface area contributed by atoms with Crippen LogP contribution in [0.15, 0.2) is 152 Å². The summed E-state index contributed by atoms with van der Waals surface area (Å²) >= 11 is 0. The van der Waals surface area contributed by atoms with Crippen LogP contribution in [0.1, 0.15) is 50.8 Å². The van der Waals surface area contributed by atoms with Gasteiger partial charge in [-0.25, -0.2) is 9.97 Å². The first-order valence-electron chi connectivity index (χ1n) is 20.6. The van der Waals surface area contributed by atoms with E-state index in [2.05, 4.69) is 188 Å². The Morgan fingerprint density at radius 1 is 0.534 bits per heavy atom. The Labute approximate surface area is 336 Å². The van der Waals surface area contributed by atoms with Crippen LogP contribution in [0, 0.1) is 5.92 Å². The first-order chi connectivity index (χ1) is 28.3. The summed E-state index contributed by atoms with van der Waals surface area (Å²) in [5.41, 5.74) is 12.4. The molecule has 4 heterocycles. The molecule has 0 spiro atoms. The van der Waals surface area contributed by atoms with Gasteiger partial charge in [-0.3, -0.25) is 4.57 Å². The summed E-state index contributed by atoms with van der Waals surface area (Å²) in [5, 5.41) is 11.1. The van der Waals surface area contributed by atoms with Gasteiger partial charge in [0, 0.05) is 32.5 Å². The summed E-state index contributed by atoms with van der Waals surface area (Å²) in [7, 11) is 0. The Bertz CT molecular complexity index is 3600. The highest BCUT2D eigenvalue weighted by Gasteiger charge is 2.50. The van der Waals surface area contributed by atoms with Gasteiger partial charge in [-0.1, -0.05) is 149 Å². The van der Waals surface area contributed by atoms with Crippen molar-refractivity contribution >= 4 is 76.1 Å². The van der Waals surface area contributed by atoms with Crippen molar-refractivity contribution in [1.82, 2.24) is 19.1 Å². The number of hydrogen-bond acceptors (Lipinski definition) is 2. The summed E-state index contributed by atoms with van der Waals surface area (Å²) < 4.78 is 5.12. The van der Waals surface area contributed by atoms with Gasteiger partial charge in [0.1, 0.15) is 5.82 Å². The highest BCUT2D eigenvalue weighted by Crippen LogP contribution is 2.61. The van der Waals surface area contributed by atoms with E-state index in [0.29, 0.717) is 5.92 Å². The molecular weight excluding hydrogens is 705 g/mol. The predicted octanol–water partition coefficient (Wildman–Crippen LogP) is 13.7. The van der Waals surface area contributed by atoms with Crippen LogP contribution in [-0.2, 0) is 10.8 Å². The predicted molar refractivity (Wildman–Crippen MR) is 242 cm³/mol. The van der Waals surface area contributed by atoms with Crippen LogP contribution in [0.3, 0.4) is 0 Å². The summed E-state index contributed by atoms with van der Waals surface area (Å²) in [6.07, 6.45) is 1.05. The van der Waals surface area contributed by atoms with Gasteiger partial charge in [0.05, 0.1) is 38.7 Å². The standard InChI is InChI=1S/C54H40N4/c1-31-30-54(4)48-39(53(31,2)3)22-14-24-43(48)57-42-28-26-33-16-8-10-19-35(33)45(42)38-29-44-47(49(54)50(38)57)37-21-12-13-23-41(37)58(44)52-46-36-20-11-9-15-32(36)25-27-40(46)55-51(56-52)34-17-6-5-7-18-34/h5-29,31H,30H2,1-4H3. The van der Waals surface area contributed by atoms with Gasteiger partial charge in [-0.2, -0.15) is 0 Å². The second-order valence-electron chi connectivity index (χ2n) is 17.7. The third-order valence-corrected chi connectivity index (χ3v) is 14.4. The van der Waals surface area contributed by atoms with E-state index in [1.807, 2.05) is 0 Å². The summed E-state index contributed by atoms with van der Waals surface area (Å²) in [6.45, 7) is 9.95. The van der Waals surface area contributed by atoms with Crippen molar-refractivity contribution in [1.29, 1.82) is 0 Å². The van der Waals surface area contributed by atoms with E-state index in [1.54, 1.807) is 0 Å². The van der Waals surface area contributed by atoms with E-state index >= 15 is 0 Å². The molecule has 4 heteroatoms. The Morgan fingerprint density at radius 3 is 2.02 bits per heavy atom. The Hall–Kier alpha value is -6.78. The first kappa shape index (κ1) is 32.3. The van der Waals surface area contributed by atoms with E-state index in [9.17, 15) is 0 Å². The van der Waals surface area contributed by atoms with Gasteiger partial charge in [0.25, 0.3) is 0 Å². The highest BCUT2D eigenvalue weighted by atomic mass is 15.1. The molecule has 2 unspecified atom stereocenters. The second kappa shape index (κ2) is 11.0. The molecule has 8 aromatic carbocycles. The summed E-state index contributed by atoms with van der Waals surface area (Å²) in [6, 6.07) is 55.8. The van der Waals surface area contributed by atoms with Crippen molar-refractivity contribution in [2.75, 3.05) is 0 Å². The van der Waals surface area contributed by atoms with Crippen LogP contribution in [0.4, 0.5) is 0 Å². The fourth-order valence-corrected chi connectivity index (χ4v) is 11.5. The molecule has 276 valence electrons. The van der Waals surface area contributed by atoms with Crippen molar-refractivity contribution < 1.29 is 0 Å². The molecule has 0 saturated heterocycles. The third kappa shape index (κ3) is 3.90. The second-order valence-corrected chi connectivity index (χ2v) is 17.7. The lowest BCUT2D eigenvalue weighted by Gasteiger charge is -2.51. The smallest absolute Gasteiger partial charge is 0.162 e. The molecule has 11 aromatic rings. The van der Waals surface area contributed by atoms with Crippen LogP contribution in [0.2, 0.25) is 0 Å². The van der Waals surface area contributed by atoms with E-state index < -0.39 is 0 Å². The Balaban J connectivity index is 1.30. The lowest BCUT2D eigenvalue weighted by molar-refractivity contribution is 0.245. The molecule has 2 atom stereocenters. The van der Waals surface area contributed by atoms with E-state index in [4.69, 9.17) is 9.97 Å². The monoisotopic (exact) mass is 744 g/mol. The number of rotatable bonds is 2. The van der Waals surface area contributed by atoms with Crippen molar-refractivity contribution in [2.45, 2.75) is 44.9 Å². The minimum Gasteiger partial charge on any atom is -0.309 e. The summed E-state index contributed by atoms with van der Waals surface area (Å²) in [4.78, 5) is 10.9. The topological polar surface area (TPSA) is 35.6 Å². The van der Waals surface area contributed by atoms with Gasteiger partial charge in [0.15, 0.2) is 5.82 Å². The largest absolute Gasteiger partial charge is 0.309 e. The maximum atomic E-state index is 5.63. The lowest BCUT2D eigenvalue weighted by Crippen LogP contribution is -2.44. The molecule has 2 aliphatic rings. The summed E-state index contributed by atoms with van der Waals surface area (Å²) in [5.74, 6) is 2.09. The molecule has 0 radical (unpaired) electrons. The van der Waals surface area contributed by atoms with Crippen molar-refractivity contribution in [3.63, 3.8) is 0 Å². The van der Waals surface area contributed by atoms with Gasteiger partial charge in [-0.15, -0.1) is 0 Å². The van der Waals surface area contributed by atoms with Crippen LogP contribution in [-0.4, -0.2) is 19.1 Å². The molecule has 1 aliphatic heterocycles. The number of nitrogens with zero attached hydrogens (tertiary/aromatic N) is 4. The number of aromatic nitrogens is 4. The van der Waals surface area contributed by atoms with E-state index in [-0.39, 0.29) is 10.8 Å². The highest BCUT2D eigenvalue weighted by molar-refractivity contribution is 6.28. The van der Waals surface area contributed by atoms with Crippen molar-refractivity contribution in [2.24, 2.45) is 5.92 Å². The van der Waals surface area contributed by atoms with Gasteiger partial charge in [0.2, 0.25) is 0 Å². The normalized spacial score (nSPS) is 18.3.